The van der Waals surface area contributed by atoms with E-state index < -0.39 is 6.10 Å². The zero-order valence-corrected chi connectivity index (χ0v) is 10.5. The quantitative estimate of drug-likeness (QED) is 0.883. The third kappa shape index (κ3) is 1.81. The van der Waals surface area contributed by atoms with Crippen molar-refractivity contribution in [3.63, 3.8) is 0 Å². The number of benzene rings is 1. The molecule has 2 heterocycles. The van der Waals surface area contributed by atoms with Gasteiger partial charge < -0.3 is 14.3 Å². The van der Waals surface area contributed by atoms with Crippen LogP contribution in [0.15, 0.2) is 34.9 Å². The molecule has 0 saturated carbocycles. The van der Waals surface area contributed by atoms with Gasteiger partial charge >= 0.3 is 0 Å². The fourth-order valence-corrected chi connectivity index (χ4v) is 2.43. The lowest BCUT2D eigenvalue weighted by molar-refractivity contribution is 0.188. The molecule has 3 rings (SSSR count). The number of hydrogen-bond acceptors (Lipinski definition) is 3. The van der Waals surface area contributed by atoms with Crippen LogP contribution >= 0.6 is 0 Å². The highest BCUT2D eigenvalue weighted by atomic mass is 16.5. The van der Waals surface area contributed by atoms with Crippen molar-refractivity contribution in [3.05, 3.63) is 53.0 Å². The van der Waals surface area contributed by atoms with E-state index in [9.17, 15) is 5.11 Å². The Hall–Kier alpha value is -1.74. The molecule has 3 heteroatoms. The van der Waals surface area contributed by atoms with Crippen LogP contribution in [-0.2, 0) is 6.42 Å². The van der Waals surface area contributed by atoms with Crippen molar-refractivity contribution < 1.29 is 14.3 Å². The molecule has 2 unspecified atom stereocenters. The summed E-state index contributed by atoms with van der Waals surface area (Å²) in [6.07, 6.45) is 2.01. The zero-order chi connectivity index (χ0) is 12.7. The summed E-state index contributed by atoms with van der Waals surface area (Å²) in [5.41, 5.74) is 2.97. The Labute approximate surface area is 106 Å². The van der Waals surface area contributed by atoms with Crippen molar-refractivity contribution in [2.45, 2.75) is 32.5 Å². The van der Waals surface area contributed by atoms with Gasteiger partial charge in [0.2, 0.25) is 0 Å². The van der Waals surface area contributed by atoms with E-state index in [4.69, 9.17) is 9.15 Å². The maximum Gasteiger partial charge on any atom is 0.139 e. The summed E-state index contributed by atoms with van der Waals surface area (Å²) >= 11 is 0. The molecule has 2 atom stereocenters. The van der Waals surface area contributed by atoms with Crippen molar-refractivity contribution in [3.8, 4) is 5.75 Å². The standard InChI is InChI=1S/C15H16O3/c1-9-5-6-17-15(9)14(16)11-3-4-13-12(8-11)7-10(2)18-13/h3-6,8,10,14,16H,7H2,1-2H3. The zero-order valence-electron chi connectivity index (χ0n) is 10.5. The van der Waals surface area contributed by atoms with Crippen molar-refractivity contribution in [2.24, 2.45) is 0 Å². The molecule has 94 valence electrons. The number of furan rings is 1. The third-order valence-corrected chi connectivity index (χ3v) is 3.39. The second-order valence-corrected chi connectivity index (χ2v) is 4.87. The Morgan fingerprint density at radius 1 is 1.33 bits per heavy atom. The summed E-state index contributed by atoms with van der Waals surface area (Å²) < 4.78 is 11.0. The third-order valence-electron chi connectivity index (χ3n) is 3.39. The lowest BCUT2D eigenvalue weighted by Crippen LogP contribution is -2.05. The predicted octanol–water partition coefficient (Wildman–Crippen LogP) is 2.99. The van der Waals surface area contributed by atoms with Gasteiger partial charge in [0.25, 0.3) is 0 Å². The SMILES string of the molecule is Cc1ccoc1C(O)c1ccc2c(c1)CC(C)O2. The van der Waals surface area contributed by atoms with Crippen LogP contribution < -0.4 is 4.74 Å². The van der Waals surface area contributed by atoms with E-state index in [1.807, 2.05) is 38.1 Å². The normalized spacial score (nSPS) is 19.4. The second-order valence-electron chi connectivity index (χ2n) is 4.87. The van der Waals surface area contributed by atoms with Crippen LogP contribution in [0, 0.1) is 6.92 Å². The van der Waals surface area contributed by atoms with Crippen LogP contribution in [0.2, 0.25) is 0 Å². The topological polar surface area (TPSA) is 42.6 Å². The smallest absolute Gasteiger partial charge is 0.139 e. The largest absolute Gasteiger partial charge is 0.490 e. The van der Waals surface area contributed by atoms with E-state index >= 15 is 0 Å². The van der Waals surface area contributed by atoms with Gasteiger partial charge in [-0.25, -0.2) is 0 Å². The molecule has 3 nitrogen and oxygen atoms in total. The molecule has 0 saturated heterocycles. The maximum absolute atomic E-state index is 10.3. The molecule has 0 amide bonds. The summed E-state index contributed by atoms with van der Waals surface area (Å²) in [5, 5.41) is 10.3. The van der Waals surface area contributed by atoms with E-state index in [1.54, 1.807) is 6.26 Å². The summed E-state index contributed by atoms with van der Waals surface area (Å²) in [7, 11) is 0. The average molecular weight is 244 g/mol. The Morgan fingerprint density at radius 2 is 2.17 bits per heavy atom. The summed E-state index contributed by atoms with van der Waals surface area (Å²) in [5.74, 6) is 1.54. The van der Waals surface area contributed by atoms with Gasteiger partial charge in [-0.1, -0.05) is 6.07 Å². The van der Waals surface area contributed by atoms with E-state index in [2.05, 4.69) is 0 Å². The van der Waals surface area contributed by atoms with E-state index in [0.29, 0.717) is 5.76 Å². The van der Waals surface area contributed by atoms with Gasteiger partial charge in [-0.2, -0.15) is 0 Å². The number of hydrogen-bond donors (Lipinski definition) is 1. The molecule has 0 spiro atoms. The second kappa shape index (κ2) is 4.18. The van der Waals surface area contributed by atoms with Crippen LogP contribution in [0.4, 0.5) is 0 Å². The van der Waals surface area contributed by atoms with E-state index in [0.717, 1.165) is 28.9 Å². The van der Waals surface area contributed by atoms with E-state index in [-0.39, 0.29) is 6.10 Å². The monoisotopic (exact) mass is 244 g/mol. The highest BCUT2D eigenvalue weighted by Gasteiger charge is 2.22. The molecule has 1 aromatic carbocycles. The number of aliphatic hydroxyl groups is 1. The first-order valence-corrected chi connectivity index (χ1v) is 6.16. The molecular weight excluding hydrogens is 228 g/mol. The molecule has 18 heavy (non-hydrogen) atoms. The molecule has 0 radical (unpaired) electrons. The first kappa shape index (κ1) is 11.4. The van der Waals surface area contributed by atoms with Crippen molar-refractivity contribution in [1.82, 2.24) is 0 Å². The van der Waals surface area contributed by atoms with E-state index in [1.165, 1.54) is 0 Å². The minimum Gasteiger partial charge on any atom is -0.490 e. The Balaban J connectivity index is 1.94. The van der Waals surface area contributed by atoms with Crippen molar-refractivity contribution >= 4 is 0 Å². The molecule has 0 bridgehead atoms. The molecular formula is C15H16O3. The van der Waals surface area contributed by atoms with Crippen LogP contribution in [0.5, 0.6) is 5.75 Å². The number of ether oxygens (including phenoxy) is 1. The van der Waals surface area contributed by atoms with Gasteiger partial charge in [0, 0.05) is 6.42 Å². The fourth-order valence-electron chi connectivity index (χ4n) is 2.43. The lowest BCUT2D eigenvalue weighted by atomic mass is 10.0. The number of aryl methyl sites for hydroxylation is 1. The van der Waals surface area contributed by atoms with Gasteiger partial charge in [-0.05, 0) is 48.7 Å². The minimum absolute atomic E-state index is 0.220. The summed E-state index contributed by atoms with van der Waals surface area (Å²) in [6, 6.07) is 7.68. The summed E-state index contributed by atoms with van der Waals surface area (Å²) in [6.45, 7) is 3.98. The highest BCUT2D eigenvalue weighted by Crippen LogP contribution is 2.33. The summed E-state index contributed by atoms with van der Waals surface area (Å²) in [4.78, 5) is 0. The van der Waals surface area contributed by atoms with Gasteiger partial charge in [-0.15, -0.1) is 0 Å². The van der Waals surface area contributed by atoms with Gasteiger partial charge in [0.1, 0.15) is 23.7 Å². The Kier molecular flexibility index (Phi) is 2.63. The fraction of sp³-hybridized carbons (Fsp3) is 0.333. The molecule has 2 aromatic rings. The van der Waals surface area contributed by atoms with Crippen molar-refractivity contribution in [2.75, 3.05) is 0 Å². The highest BCUT2D eigenvalue weighted by molar-refractivity contribution is 5.42. The molecule has 1 aliphatic heterocycles. The van der Waals surface area contributed by atoms with Gasteiger partial charge in [-0.3, -0.25) is 0 Å². The average Bonchev–Trinajstić information content (AvgIpc) is 2.91. The first-order chi connectivity index (χ1) is 8.65. The lowest BCUT2D eigenvalue weighted by Gasteiger charge is -2.10. The molecule has 1 N–H and O–H groups in total. The van der Waals surface area contributed by atoms with Crippen LogP contribution in [0.3, 0.4) is 0 Å². The number of aliphatic hydroxyl groups excluding tert-OH is 1. The molecule has 0 aliphatic carbocycles. The Bertz CT molecular complexity index is 571. The number of fused-ring (bicyclic) bond motifs is 1. The molecule has 0 fully saturated rings. The predicted molar refractivity (Wildman–Crippen MR) is 67.7 cm³/mol. The van der Waals surface area contributed by atoms with Gasteiger partial charge in [0.15, 0.2) is 0 Å². The maximum atomic E-state index is 10.3. The van der Waals surface area contributed by atoms with Crippen LogP contribution in [0.25, 0.3) is 0 Å². The number of rotatable bonds is 2. The molecule has 1 aromatic heterocycles. The molecule has 1 aliphatic rings. The van der Waals surface area contributed by atoms with Crippen molar-refractivity contribution in [1.29, 1.82) is 0 Å². The Morgan fingerprint density at radius 3 is 2.89 bits per heavy atom. The minimum atomic E-state index is -0.707. The first-order valence-electron chi connectivity index (χ1n) is 6.16. The van der Waals surface area contributed by atoms with Crippen LogP contribution in [-0.4, -0.2) is 11.2 Å². The van der Waals surface area contributed by atoms with Gasteiger partial charge in [0.05, 0.1) is 6.26 Å². The van der Waals surface area contributed by atoms with Crippen LogP contribution in [0.1, 0.15) is 35.5 Å².